The number of ether oxygens (including phenoxy) is 1. The number of oxime groups is 1. The molecule has 136 valence electrons. The van der Waals surface area contributed by atoms with Gasteiger partial charge in [0.15, 0.2) is 6.61 Å². The number of nitrogens with one attached hydrogen (secondary N) is 1. The van der Waals surface area contributed by atoms with Gasteiger partial charge in [-0.1, -0.05) is 29.4 Å². The Bertz CT molecular complexity index is 756. The highest BCUT2D eigenvalue weighted by atomic mass is 16.6. The maximum atomic E-state index is 12.1. The number of hydrogen-bond donors (Lipinski definition) is 1. The Kier molecular flexibility index (Phi) is 6.25. The Balaban J connectivity index is 1.46. The van der Waals surface area contributed by atoms with Crippen LogP contribution in [0.2, 0.25) is 0 Å². The second-order valence-corrected chi connectivity index (χ2v) is 6.22. The molecule has 0 radical (unpaired) electrons. The average molecular weight is 352 g/mol. The van der Waals surface area contributed by atoms with E-state index in [9.17, 15) is 4.79 Å². The zero-order valence-corrected chi connectivity index (χ0v) is 15.0. The van der Waals surface area contributed by atoms with Crippen LogP contribution in [0.5, 0.6) is 5.75 Å². The van der Waals surface area contributed by atoms with Gasteiger partial charge in [0.1, 0.15) is 5.75 Å². The zero-order valence-electron chi connectivity index (χ0n) is 15.0. The number of rotatable bonds is 7. The van der Waals surface area contributed by atoms with Crippen molar-refractivity contribution in [2.75, 3.05) is 13.2 Å². The van der Waals surface area contributed by atoms with E-state index in [2.05, 4.69) is 22.6 Å². The van der Waals surface area contributed by atoms with Crippen LogP contribution in [0.4, 0.5) is 0 Å². The lowest BCUT2D eigenvalue weighted by atomic mass is 9.88. The van der Waals surface area contributed by atoms with Crippen molar-refractivity contribution >= 4 is 12.1 Å². The molecule has 0 spiro atoms. The SMILES string of the molecule is CCOc1ccc(C=NOCC(=O)NC2CCCc3ccccc32)cc1. The number of carbonyl (C=O) groups excluding carboxylic acids is 1. The minimum atomic E-state index is -0.157. The fourth-order valence-corrected chi connectivity index (χ4v) is 3.15. The topological polar surface area (TPSA) is 59.9 Å². The van der Waals surface area contributed by atoms with E-state index in [1.165, 1.54) is 11.1 Å². The van der Waals surface area contributed by atoms with Crippen LogP contribution in [-0.2, 0) is 16.1 Å². The van der Waals surface area contributed by atoms with E-state index in [-0.39, 0.29) is 18.6 Å². The van der Waals surface area contributed by atoms with E-state index >= 15 is 0 Å². The summed E-state index contributed by atoms with van der Waals surface area (Å²) in [6.07, 6.45) is 4.70. The summed E-state index contributed by atoms with van der Waals surface area (Å²) in [5.74, 6) is 0.660. The Labute approximate surface area is 154 Å². The van der Waals surface area contributed by atoms with Crippen molar-refractivity contribution in [1.82, 2.24) is 5.32 Å². The van der Waals surface area contributed by atoms with Crippen LogP contribution in [0.1, 0.15) is 42.5 Å². The zero-order chi connectivity index (χ0) is 18.2. The number of fused-ring (bicyclic) bond motifs is 1. The second kappa shape index (κ2) is 9.04. The number of aryl methyl sites for hydroxylation is 1. The Morgan fingerprint density at radius 2 is 2.04 bits per heavy atom. The Hall–Kier alpha value is -2.82. The highest BCUT2D eigenvalue weighted by Gasteiger charge is 2.21. The van der Waals surface area contributed by atoms with Gasteiger partial charge in [-0.05, 0) is 67.1 Å². The van der Waals surface area contributed by atoms with Crippen LogP contribution in [0.25, 0.3) is 0 Å². The summed E-state index contributed by atoms with van der Waals surface area (Å²) in [6, 6.07) is 15.9. The highest BCUT2D eigenvalue weighted by molar-refractivity contribution is 5.80. The predicted molar refractivity (Wildman–Crippen MR) is 101 cm³/mol. The lowest BCUT2D eigenvalue weighted by Crippen LogP contribution is -2.33. The molecule has 0 heterocycles. The molecule has 0 fully saturated rings. The molecule has 0 aliphatic heterocycles. The summed E-state index contributed by atoms with van der Waals surface area (Å²) < 4.78 is 5.39. The van der Waals surface area contributed by atoms with E-state index in [0.29, 0.717) is 6.61 Å². The monoisotopic (exact) mass is 352 g/mol. The minimum absolute atomic E-state index is 0.0612. The summed E-state index contributed by atoms with van der Waals surface area (Å²) in [4.78, 5) is 17.3. The molecule has 26 heavy (non-hydrogen) atoms. The standard InChI is InChI=1S/C21H24N2O3/c1-2-25-18-12-10-16(11-13-18)14-22-26-15-21(24)23-20-9-5-7-17-6-3-4-8-19(17)20/h3-4,6,8,10-14,20H,2,5,7,9,15H2,1H3,(H,23,24). The van der Waals surface area contributed by atoms with E-state index in [4.69, 9.17) is 9.57 Å². The van der Waals surface area contributed by atoms with Crippen molar-refractivity contribution in [2.45, 2.75) is 32.2 Å². The number of benzene rings is 2. The molecule has 1 atom stereocenters. The molecule has 1 unspecified atom stereocenters. The molecule has 0 saturated carbocycles. The van der Waals surface area contributed by atoms with Gasteiger partial charge < -0.3 is 14.9 Å². The van der Waals surface area contributed by atoms with Gasteiger partial charge in [-0.2, -0.15) is 0 Å². The van der Waals surface area contributed by atoms with Crippen LogP contribution in [-0.4, -0.2) is 25.3 Å². The van der Waals surface area contributed by atoms with Gasteiger partial charge >= 0.3 is 0 Å². The van der Waals surface area contributed by atoms with E-state index in [0.717, 1.165) is 30.6 Å². The molecule has 1 amide bonds. The summed E-state index contributed by atoms with van der Waals surface area (Å²) in [7, 11) is 0. The lowest BCUT2D eigenvalue weighted by Gasteiger charge is -2.26. The van der Waals surface area contributed by atoms with Crippen molar-refractivity contribution in [1.29, 1.82) is 0 Å². The van der Waals surface area contributed by atoms with E-state index < -0.39 is 0 Å². The van der Waals surface area contributed by atoms with E-state index in [1.54, 1.807) is 6.21 Å². The van der Waals surface area contributed by atoms with Gasteiger partial charge in [0, 0.05) is 0 Å². The summed E-state index contributed by atoms with van der Waals surface area (Å²) in [5.41, 5.74) is 3.42. The van der Waals surface area contributed by atoms with E-state index in [1.807, 2.05) is 43.3 Å². The molecule has 0 saturated heterocycles. The fourth-order valence-electron chi connectivity index (χ4n) is 3.15. The Morgan fingerprint density at radius 1 is 1.23 bits per heavy atom. The van der Waals surface area contributed by atoms with Gasteiger partial charge in [-0.3, -0.25) is 4.79 Å². The van der Waals surface area contributed by atoms with Gasteiger partial charge in [0.25, 0.3) is 5.91 Å². The summed E-state index contributed by atoms with van der Waals surface area (Å²) in [5, 5.41) is 6.91. The smallest absolute Gasteiger partial charge is 0.261 e. The maximum Gasteiger partial charge on any atom is 0.261 e. The normalized spacial score (nSPS) is 16.1. The molecule has 5 nitrogen and oxygen atoms in total. The van der Waals surface area contributed by atoms with Crippen LogP contribution < -0.4 is 10.1 Å². The van der Waals surface area contributed by atoms with Crippen LogP contribution >= 0.6 is 0 Å². The summed E-state index contributed by atoms with van der Waals surface area (Å²) >= 11 is 0. The molecule has 0 bridgehead atoms. The van der Waals surface area contributed by atoms with Crippen LogP contribution in [0, 0.1) is 0 Å². The summed E-state index contributed by atoms with van der Waals surface area (Å²) in [6.45, 7) is 2.49. The number of hydrogen-bond acceptors (Lipinski definition) is 4. The molecule has 1 aliphatic carbocycles. The maximum absolute atomic E-state index is 12.1. The first-order valence-corrected chi connectivity index (χ1v) is 9.01. The molecule has 2 aromatic carbocycles. The van der Waals surface area contributed by atoms with Crippen molar-refractivity contribution in [3.8, 4) is 5.75 Å². The van der Waals surface area contributed by atoms with Crippen molar-refractivity contribution in [2.24, 2.45) is 5.16 Å². The van der Waals surface area contributed by atoms with Gasteiger partial charge in [-0.25, -0.2) is 0 Å². The van der Waals surface area contributed by atoms with Crippen molar-refractivity contribution < 1.29 is 14.4 Å². The second-order valence-electron chi connectivity index (χ2n) is 6.22. The highest BCUT2D eigenvalue weighted by Crippen LogP contribution is 2.29. The first-order valence-electron chi connectivity index (χ1n) is 9.01. The molecule has 1 aliphatic rings. The largest absolute Gasteiger partial charge is 0.494 e. The number of amides is 1. The molecule has 1 N–H and O–H groups in total. The molecule has 3 rings (SSSR count). The van der Waals surface area contributed by atoms with Crippen LogP contribution in [0.15, 0.2) is 53.7 Å². The molecule has 2 aromatic rings. The van der Waals surface area contributed by atoms with Crippen molar-refractivity contribution in [3.63, 3.8) is 0 Å². The first-order chi connectivity index (χ1) is 12.8. The third-order valence-electron chi connectivity index (χ3n) is 4.37. The van der Waals surface area contributed by atoms with Gasteiger partial charge in [-0.15, -0.1) is 0 Å². The van der Waals surface area contributed by atoms with Crippen LogP contribution in [0.3, 0.4) is 0 Å². The first kappa shape index (κ1) is 18.0. The fraction of sp³-hybridized carbons (Fsp3) is 0.333. The third-order valence-corrected chi connectivity index (χ3v) is 4.37. The minimum Gasteiger partial charge on any atom is -0.494 e. The number of carbonyl (C=O) groups is 1. The van der Waals surface area contributed by atoms with Crippen molar-refractivity contribution in [3.05, 3.63) is 65.2 Å². The lowest BCUT2D eigenvalue weighted by molar-refractivity contribution is -0.126. The molecular formula is C21H24N2O3. The van der Waals surface area contributed by atoms with Gasteiger partial charge in [0.05, 0.1) is 18.9 Å². The average Bonchev–Trinajstić information content (AvgIpc) is 2.67. The quantitative estimate of drug-likeness (QED) is 0.611. The van der Waals surface area contributed by atoms with Gasteiger partial charge in [0.2, 0.25) is 0 Å². The molecule has 0 aromatic heterocycles. The predicted octanol–water partition coefficient (Wildman–Crippen LogP) is 3.63. The third kappa shape index (κ3) is 4.85. The molecular weight excluding hydrogens is 328 g/mol. The number of nitrogens with zero attached hydrogens (tertiary/aromatic N) is 1. The molecule has 5 heteroatoms. The Morgan fingerprint density at radius 3 is 2.85 bits per heavy atom.